The summed E-state index contributed by atoms with van der Waals surface area (Å²) >= 11 is 0. The molecule has 2 aromatic rings. The third-order valence-corrected chi connectivity index (χ3v) is 5.10. The first-order chi connectivity index (χ1) is 13.2. The van der Waals surface area contributed by atoms with Gasteiger partial charge < -0.3 is 24.7 Å². The van der Waals surface area contributed by atoms with Crippen molar-refractivity contribution in [1.82, 2.24) is 15.1 Å². The molecule has 4 rings (SSSR count). The summed E-state index contributed by atoms with van der Waals surface area (Å²) in [5, 5.41) is 6.26. The molecular weight excluding hydrogens is 398 g/mol. The van der Waals surface area contributed by atoms with Gasteiger partial charge in [-0.15, -0.1) is 12.4 Å². The summed E-state index contributed by atoms with van der Waals surface area (Å²) in [5.41, 5.74) is 1.79. The van der Waals surface area contributed by atoms with Crippen LogP contribution in [0.1, 0.15) is 0 Å². The fraction of sp³-hybridized carbons (Fsp3) is 0.474. The fourth-order valence-electron chi connectivity index (χ4n) is 3.51. The van der Waals surface area contributed by atoms with Crippen molar-refractivity contribution in [3.63, 3.8) is 0 Å². The van der Waals surface area contributed by atoms with Crippen LogP contribution in [0.25, 0.3) is 0 Å². The van der Waals surface area contributed by atoms with Gasteiger partial charge >= 0.3 is 0 Å². The van der Waals surface area contributed by atoms with Crippen LogP contribution in [0.2, 0.25) is 0 Å². The number of ether oxygens (including phenoxy) is 2. The number of hydrogen-bond acceptors (Lipinski definition) is 7. The molecule has 9 nitrogen and oxygen atoms in total. The number of nitrogens with one attached hydrogen (secondary N) is 1. The highest BCUT2D eigenvalue weighted by molar-refractivity contribution is 5.85. The van der Waals surface area contributed by atoms with Gasteiger partial charge in [-0.25, -0.2) is 5.10 Å². The third-order valence-electron chi connectivity index (χ3n) is 5.10. The molecule has 2 aliphatic rings. The van der Waals surface area contributed by atoms with E-state index in [-0.39, 0.29) is 23.4 Å². The van der Waals surface area contributed by atoms with Crippen LogP contribution in [0, 0.1) is 0 Å². The standard InChI is InChI=1S/C19H25N5O3.ClH.H2O/c1-22(15-13-18(25)21-20-14-15)5-6-23-7-9-24(10-8-23)16-3-2-4-17-19(16)27-12-11-26-17;;/h2-4,13-14H,5-12H2,1H3,(H,21,25);1H;1H2. The maximum absolute atomic E-state index is 11.4. The van der Waals surface area contributed by atoms with Crippen molar-refractivity contribution < 1.29 is 14.9 Å². The predicted molar refractivity (Wildman–Crippen MR) is 115 cm³/mol. The monoisotopic (exact) mass is 425 g/mol. The second-order valence-electron chi connectivity index (χ2n) is 6.86. The SMILES string of the molecule is CN(CCN1CCN(c2cccc3c2OCCO3)CC1)c1cn[nH]c(=O)c1.Cl.O. The maximum atomic E-state index is 11.4. The minimum Gasteiger partial charge on any atom is -0.486 e. The average molecular weight is 426 g/mol. The molecule has 3 N–H and O–H groups in total. The second-order valence-corrected chi connectivity index (χ2v) is 6.86. The Balaban J connectivity index is 0.00000150. The number of hydrogen-bond donors (Lipinski definition) is 1. The van der Waals surface area contributed by atoms with Gasteiger partial charge in [-0.2, -0.15) is 5.10 Å². The van der Waals surface area contributed by atoms with Gasteiger partial charge in [-0.3, -0.25) is 9.69 Å². The van der Waals surface area contributed by atoms with Gasteiger partial charge in [0.2, 0.25) is 0 Å². The summed E-state index contributed by atoms with van der Waals surface area (Å²) in [5.74, 6) is 1.72. The number of nitrogens with zero attached hydrogens (tertiary/aromatic N) is 4. The Morgan fingerprint density at radius 1 is 1.17 bits per heavy atom. The van der Waals surface area contributed by atoms with E-state index in [1.807, 2.05) is 19.2 Å². The summed E-state index contributed by atoms with van der Waals surface area (Å²) < 4.78 is 11.5. The summed E-state index contributed by atoms with van der Waals surface area (Å²) in [7, 11) is 1.99. The second kappa shape index (κ2) is 10.3. The first-order valence-electron chi connectivity index (χ1n) is 9.32. The van der Waals surface area contributed by atoms with E-state index in [2.05, 4.69) is 31.0 Å². The van der Waals surface area contributed by atoms with E-state index >= 15 is 0 Å². The van der Waals surface area contributed by atoms with Gasteiger partial charge in [-0.1, -0.05) is 6.07 Å². The molecule has 0 amide bonds. The lowest BCUT2D eigenvalue weighted by molar-refractivity contribution is 0.171. The van der Waals surface area contributed by atoms with Crippen LogP contribution in [0.15, 0.2) is 35.3 Å². The molecule has 0 unspecified atom stereocenters. The lowest BCUT2D eigenvalue weighted by atomic mass is 10.2. The van der Waals surface area contributed by atoms with E-state index in [0.29, 0.717) is 13.2 Å². The normalized spacial score (nSPS) is 15.8. The molecule has 0 saturated carbocycles. The molecular formula is C19H28ClN5O4. The van der Waals surface area contributed by atoms with Crippen LogP contribution < -0.4 is 24.8 Å². The summed E-state index contributed by atoms with van der Waals surface area (Å²) in [6.07, 6.45) is 1.68. The van der Waals surface area contributed by atoms with Crippen molar-refractivity contribution in [3.05, 3.63) is 40.8 Å². The molecule has 0 spiro atoms. The number of anilines is 2. The third kappa shape index (κ3) is 5.31. The quantitative estimate of drug-likeness (QED) is 0.738. The van der Waals surface area contributed by atoms with Crippen molar-refractivity contribution >= 4 is 23.8 Å². The number of aromatic amines is 1. The van der Waals surface area contributed by atoms with E-state index in [0.717, 1.165) is 62.1 Å². The van der Waals surface area contributed by atoms with Crippen molar-refractivity contribution in [3.8, 4) is 11.5 Å². The van der Waals surface area contributed by atoms with E-state index in [9.17, 15) is 4.79 Å². The largest absolute Gasteiger partial charge is 0.486 e. The fourth-order valence-corrected chi connectivity index (χ4v) is 3.51. The summed E-state index contributed by atoms with van der Waals surface area (Å²) in [6, 6.07) is 7.68. The zero-order valence-corrected chi connectivity index (χ0v) is 17.3. The number of aromatic nitrogens is 2. The molecule has 29 heavy (non-hydrogen) atoms. The van der Waals surface area contributed by atoms with E-state index in [4.69, 9.17) is 9.47 Å². The number of rotatable bonds is 5. The first-order valence-corrected chi connectivity index (χ1v) is 9.32. The van der Waals surface area contributed by atoms with Crippen LogP contribution in [0.5, 0.6) is 11.5 Å². The lowest BCUT2D eigenvalue weighted by Crippen LogP contribution is -2.48. The van der Waals surface area contributed by atoms with Gasteiger partial charge in [0, 0.05) is 52.4 Å². The zero-order valence-electron chi connectivity index (χ0n) is 16.5. The zero-order chi connectivity index (χ0) is 18.6. The van der Waals surface area contributed by atoms with E-state index < -0.39 is 0 Å². The van der Waals surface area contributed by atoms with Gasteiger partial charge in [0.25, 0.3) is 5.56 Å². The average Bonchev–Trinajstić information content (AvgIpc) is 2.72. The Morgan fingerprint density at radius 3 is 2.69 bits per heavy atom. The summed E-state index contributed by atoms with van der Waals surface area (Å²) in [4.78, 5) is 18.3. The van der Waals surface area contributed by atoms with Gasteiger partial charge in [0.15, 0.2) is 11.5 Å². The molecule has 2 aliphatic heterocycles. The molecule has 1 fully saturated rings. The minimum atomic E-state index is -0.176. The van der Waals surface area contributed by atoms with Gasteiger partial charge in [0.05, 0.1) is 17.6 Å². The predicted octanol–water partition coefficient (Wildman–Crippen LogP) is 0.397. The molecule has 0 radical (unpaired) electrons. The molecule has 1 aromatic carbocycles. The highest BCUT2D eigenvalue weighted by atomic mass is 35.5. The molecule has 160 valence electrons. The number of benzene rings is 1. The van der Waals surface area contributed by atoms with Crippen molar-refractivity contribution in [2.45, 2.75) is 0 Å². The number of piperazine rings is 1. The minimum absolute atomic E-state index is 0. The van der Waals surface area contributed by atoms with Crippen molar-refractivity contribution in [2.24, 2.45) is 0 Å². The number of fused-ring (bicyclic) bond motifs is 1. The molecule has 10 heteroatoms. The Hall–Kier alpha value is -2.49. The Labute approximate surface area is 175 Å². The Bertz CT molecular complexity index is 841. The van der Waals surface area contributed by atoms with Crippen LogP contribution in [-0.2, 0) is 0 Å². The molecule has 1 saturated heterocycles. The molecule has 0 atom stereocenters. The smallest absolute Gasteiger partial charge is 0.266 e. The topological polar surface area (TPSA) is 105 Å². The van der Waals surface area contributed by atoms with Gasteiger partial charge in [0.1, 0.15) is 13.2 Å². The summed E-state index contributed by atoms with van der Waals surface area (Å²) in [6.45, 7) is 6.91. The van der Waals surface area contributed by atoms with Crippen LogP contribution in [0.3, 0.4) is 0 Å². The highest BCUT2D eigenvalue weighted by Gasteiger charge is 2.23. The molecule has 0 aliphatic carbocycles. The van der Waals surface area contributed by atoms with Crippen molar-refractivity contribution in [1.29, 1.82) is 0 Å². The van der Waals surface area contributed by atoms with Crippen LogP contribution in [0.4, 0.5) is 11.4 Å². The highest BCUT2D eigenvalue weighted by Crippen LogP contribution is 2.39. The van der Waals surface area contributed by atoms with Crippen molar-refractivity contribution in [2.75, 3.05) is 69.3 Å². The Morgan fingerprint density at radius 2 is 1.93 bits per heavy atom. The molecule has 1 aromatic heterocycles. The van der Waals surface area contributed by atoms with Crippen LogP contribution >= 0.6 is 12.4 Å². The number of H-pyrrole nitrogens is 1. The Kier molecular flexibility index (Phi) is 8.12. The lowest BCUT2D eigenvalue weighted by Gasteiger charge is -2.38. The van der Waals surface area contributed by atoms with E-state index in [1.165, 1.54) is 0 Å². The molecule has 3 heterocycles. The number of halogens is 1. The van der Waals surface area contributed by atoms with Crippen LogP contribution in [-0.4, -0.2) is 80.1 Å². The maximum Gasteiger partial charge on any atom is 0.266 e. The first kappa shape index (κ1) is 22.8. The number of para-hydroxylation sites is 1. The number of likely N-dealkylation sites (N-methyl/N-ethyl adjacent to an activating group) is 1. The van der Waals surface area contributed by atoms with Gasteiger partial charge in [-0.05, 0) is 12.1 Å². The van der Waals surface area contributed by atoms with E-state index in [1.54, 1.807) is 12.3 Å². The molecule has 0 bridgehead atoms.